The highest BCUT2D eigenvalue weighted by molar-refractivity contribution is 7.99. The van der Waals surface area contributed by atoms with Crippen molar-refractivity contribution >= 4 is 17.8 Å². The molecule has 1 aromatic heterocycles. The highest BCUT2D eigenvalue weighted by Gasteiger charge is 2.06. The Kier molecular flexibility index (Phi) is 4.52. The maximum atomic E-state index is 4.03. The topological polar surface area (TPSA) is 43.6 Å². The summed E-state index contributed by atoms with van der Waals surface area (Å²) in [5, 5.41) is 12.7. The number of aromatic nitrogens is 4. The first-order chi connectivity index (χ1) is 8.83. The number of tetrazole rings is 1. The van der Waals surface area contributed by atoms with Gasteiger partial charge in [-0.3, -0.25) is 0 Å². The second-order valence-electron chi connectivity index (χ2n) is 3.91. The van der Waals surface area contributed by atoms with Gasteiger partial charge >= 0.3 is 0 Å². The fraction of sp³-hybridized carbons (Fsp3) is 0.308. The summed E-state index contributed by atoms with van der Waals surface area (Å²) in [5.74, 6) is 1.04. The number of hydrogen-bond donors (Lipinski definition) is 0. The van der Waals surface area contributed by atoms with Crippen LogP contribution in [0.15, 0.2) is 36.0 Å². The monoisotopic (exact) mass is 260 g/mol. The van der Waals surface area contributed by atoms with Crippen LogP contribution in [0.3, 0.4) is 0 Å². The minimum Gasteiger partial charge on any atom is -0.216 e. The average Bonchev–Trinajstić information content (AvgIpc) is 2.84. The molecule has 0 saturated carbocycles. The lowest BCUT2D eigenvalue weighted by atomic mass is 10.1. The second kappa shape index (κ2) is 6.35. The van der Waals surface area contributed by atoms with E-state index in [0.717, 1.165) is 22.9 Å². The Balaban J connectivity index is 2.07. The molecule has 94 valence electrons. The van der Waals surface area contributed by atoms with E-state index in [2.05, 4.69) is 41.2 Å². The van der Waals surface area contributed by atoms with Gasteiger partial charge in [-0.1, -0.05) is 55.6 Å². The molecule has 0 amide bonds. The molecule has 18 heavy (non-hydrogen) atoms. The van der Waals surface area contributed by atoms with Gasteiger partial charge in [0.25, 0.3) is 0 Å². The van der Waals surface area contributed by atoms with E-state index in [1.807, 2.05) is 22.9 Å². The predicted molar refractivity (Wildman–Crippen MR) is 74.5 cm³/mol. The van der Waals surface area contributed by atoms with Crippen LogP contribution in [-0.2, 0) is 6.54 Å². The summed E-state index contributed by atoms with van der Waals surface area (Å²) in [7, 11) is 0. The van der Waals surface area contributed by atoms with Gasteiger partial charge in [0.05, 0.1) is 6.54 Å². The van der Waals surface area contributed by atoms with E-state index in [1.54, 1.807) is 11.8 Å². The van der Waals surface area contributed by atoms with Gasteiger partial charge in [-0.25, -0.2) is 4.68 Å². The molecule has 1 aromatic carbocycles. The zero-order chi connectivity index (χ0) is 12.8. The number of hydrogen-bond acceptors (Lipinski definition) is 4. The van der Waals surface area contributed by atoms with Crippen molar-refractivity contribution in [1.82, 2.24) is 20.2 Å². The summed E-state index contributed by atoms with van der Waals surface area (Å²) < 4.78 is 1.84. The van der Waals surface area contributed by atoms with Crippen LogP contribution in [0.2, 0.25) is 0 Å². The summed E-state index contributed by atoms with van der Waals surface area (Å²) in [6.45, 7) is 6.60. The van der Waals surface area contributed by atoms with Crippen molar-refractivity contribution in [3.63, 3.8) is 0 Å². The van der Waals surface area contributed by atoms with Crippen molar-refractivity contribution in [3.05, 3.63) is 42.0 Å². The summed E-state index contributed by atoms with van der Waals surface area (Å²) >= 11 is 1.69. The minimum absolute atomic E-state index is 0.705. The highest BCUT2D eigenvalue weighted by Crippen LogP contribution is 2.16. The van der Waals surface area contributed by atoms with Crippen molar-refractivity contribution < 1.29 is 0 Å². The van der Waals surface area contributed by atoms with Crippen LogP contribution >= 0.6 is 11.8 Å². The van der Waals surface area contributed by atoms with Crippen molar-refractivity contribution in [2.45, 2.75) is 25.0 Å². The van der Waals surface area contributed by atoms with E-state index in [0.29, 0.717) is 6.54 Å². The minimum atomic E-state index is 0.705. The Morgan fingerprint density at radius 1 is 1.33 bits per heavy atom. The summed E-state index contributed by atoms with van der Waals surface area (Å²) in [4.78, 5) is 0. The van der Waals surface area contributed by atoms with E-state index in [1.165, 1.54) is 5.56 Å². The smallest absolute Gasteiger partial charge is 0.209 e. The SMILES string of the molecule is C=Cc1ccc(Cn2nnnc2SCCC)cc1. The lowest BCUT2D eigenvalue weighted by molar-refractivity contribution is 0.603. The molecule has 1 heterocycles. The molecule has 0 unspecified atom stereocenters. The van der Waals surface area contributed by atoms with Crippen molar-refractivity contribution in [1.29, 1.82) is 0 Å². The van der Waals surface area contributed by atoms with Gasteiger partial charge < -0.3 is 0 Å². The van der Waals surface area contributed by atoms with Crippen molar-refractivity contribution in [3.8, 4) is 0 Å². The van der Waals surface area contributed by atoms with Crippen molar-refractivity contribution in [2.24, 2.45) is 0 Å². The standard InChI is InChI=1S/C13H16N4S/c1-3-9-18-13-14-15-16-17(13)10-12-7-5-11(4-2)6-8-12/h4-8H,2-3,9-10H2,1H3. The van der Waals surface area contributed by atoms with Gasteiger partial charge in [0.15, 0.2) is 0 Å². The van der Waals surface area contributed by atoms with E-state index >= 15 is 0 Å². The molecule has 0 fully saturated rings. The third kappa shape index (κ3) is 3.20. The summed E-state index contributed by atoms with van der Waals surface area (Å²) in [6.07, 6.45) is 2.95. The van der Waals surface area contributed by atoms with Gasteiger partial charge in [-0.2, -0.15) is 0 Å². The number of rotatable bonds is 6. The first-order valence-corrected chi connectivity index (χ1v) is 6.92. The Bertz CT molecular complexity index is 504. The molecule has 0 atom stereocenters. The normalized spacial score (nSPS) is 10.5. The molecular weight excluding hydrogens is 244 g/mol. The number of thioether (sulfide) groups is 1. The van der Waals surface area contributed by atoms with Crippen LogP contribution in [0, 0.1) is 0 Å². The molecule has 0 radical (unpaired) electrons. The average molecular weight is 260 g/mol. The maximum absolute atomic E-state index is 4.03. The Hall–Kier alpha value is -1.62. The lowest BCUT2D eigenvalue weighted by Gasteiger charge is -2.04. The molecule has 0 aliphatic heterocycles. The Morgan fingerprint density at radius 3 is 2.78 bits per heavy atom. The molecule has 0 spiro atoms. The van der Waals surface area contributed by atoms with Gasteiger partial charge in [0.1, 0.15) is 0 Å². The third-order valence-corrected chi connectivity index (χ3v) is 3.65. The molecule has 0 aliphatic carbocycles. The number of benzene rings is 1. The second-order valence-corrected chi connectivity index (χ2v) is 4.98. The van der Waals surface area contributed by atoms with E-state index in [-0.39, 0.29) is 0 Å². The van der Waals surface area contributed by atoms with Gasteiger partial charge in [-0.05, 0) is 28.0 Å². The van der Waals surface area contributed by atoms with Crippen LogP contribution in [-0.4, -0.2) is 26.0 Å². The van der Waals surface area contributed by atoms with Crippen LogP contribution in [0.4, 0.5) is 0 Å². The fourth-order valence-corrected chi connectivity index (χ4v) is 2.26. The molecule has 0 bridgehead atoms. The summed E-state index contributed by atoms with van der Waals surface area (Å²) in [6, 6.07) is 8.25. The molecule has 0 N–H and O–H groups in total. The molecule has 0 saturated heterocycles. The fourth-order valence-electron chi connectivity index (χ4n) is 1.52. The zero-order valence-corrected chi connectivity index (χ0v) is 11.2. The largest absolute Gasteiger partial charge is 0.216 e. The molecule has 2 rings (SSSR count). The third-order valence-electron chi connectivity index (χ3n) is 2.48. The number of nitrogens with zero attached hydrogens (tertiary/aromatic N) is 4. The molecule has 5 heteroatoms. The summed E-state index contributed by atoms with van der Waals surface area (Å²) in [5.41, 5.74) is 2.31. The molecule has 4 nitrogen and oxygen atoms in total. The zero-order valence-electron chi connectivity index (χ0n) is 10.4. The van der Waals surface area contributed by atoms with Gasteiger partial charge in [0.2, 0.25) is 5.16 Å². The molecule has 0 aliphatic rings. The van der Waals surface area contributed by atoms with E-state index in [9.17, 15) is 0 Å². The van der Waals surface area contributed by atoms with Crippen molar-refractivity contribution in [2.75, 3.05) is 5.75 Å². The Labute approximate surface area is 111 Å². The van der Waals surface area contributed by atoms with E-state index < -0.39 is 0 Å². The highest BCUT2D eigenvalue weighted by atomic mass is 32.2. The van der Waals surface area contributed by atoms with Crippen LogP contribution in [0.1, 0.15) is 24.5 Å². The molecular formula is C13H16N4S. The quantitative estimate of drug-likeness (QED) is 0.749. The van der Waals surface area contributed by atoms with Crippen LogP contribution < -0.4 is 0 Å². The van der Waals surface area contributed by atoms with Crippen LogP contribution in [0.5, 0.6) is 0 Å². The first kappa shape index (κ1) is 12.8. The first-order valence-electron chi connectivity index (χ1n) is 5.94. The van der Waals surface area contributed by atoms with E-state index in [4.69, 9.17) is 0 Å². The van der Waals surface area contributed by atoms with Gasteiger partial charge in [-0.15, -0.1) is 5.10 Å². The Morgan fingerprint density at radius 2 is 2.11 bits per heavy atom. The lowest BCUT2D eigenvalue weighted by Crippen LogP contribution is -2.04. The van der Waals surface area contributed by atoms with Gasteiger partial charge in [0, 0.05) is 5.75 Å². The maximum Gasteiger partial charge on any atom is 0.209 e. The van der Waals surface area contributed by atoms with Crippen LogP contribution in [0.25, 0.3) is 6.08 Å². The molecule has 2 aromatic rings. The predicted octanol–water partition coefficient (Wildman–Crippen LogP) is 2.87.